The average Bonchev–Trinajstić information content (AvgIpc) is 2.91. The number of ether oxygens (including phenoxy) is 4. The molecule has 0 N–H and O–H groups in total. The van der Waals surface area contributed by atoms with Gasteiger partial charge in [-0.2, -0.15) is 0 Å². The molecule has 1 aromatic rings. The molecule has 0 unspecified atom stereocenters. The van der Waals surface area contributed by atoms with Gasteiger partial charge in [0.25, 0.3) is 0 Å². The highest BCUT2D eigenvalue weighted by Gasteiger charge is 2.37. The third-order valence-corrected chi connectivity index (χ3v) is 6.22. The summed E-state index contributed by atoms with van der Waals surface area (Å²) in [5, 5.41) is 8.36. The second kappa shape index (κ2) is 24.7. The molecule has 1 aromatic heterocycles. The maximum atomic E-state index is 6.07. The van der Waals surface area contributed by atoms with Gasteiger partial charge in [0.15, 0.2) is 0 Å². The number of hydrogen-bond acceptors (Lipinski definition) is 8. The molecule has 1 aliphatic heterocycles. The normalized spacial score (nSPS) is 17.6. The molecule has 8 nitrogen and oxygen atoms in total. The van der Waals surface area contributed by atoms with E-state index in [-0.39, 0.29) is 16.9 Å². The molecule has 3 rings (SSSR count). The largest absolute Gasteiger partial charge is 0.473 e. The van der Waals surface area contributed by atoms with Gasteiger partial charge in [-0.1, -0.05) is 61.3 Å². The summed E-state index contributed by atoms with van der Waals surface area (Å²) in [6.07, 6.45) is 2.64. The Bertz CT molecular complexity index is 776. The van der Waals surface area contributed by atoms with Crippen LogP contribution in [0.4, 0.5) is 0 Å². The van der Waals surface area contributed by atoms with E-state index < -0.39 is 0 Å². The number of aliphatic imine (C=N–C) groups is 1. The fourth-order valence-corrected chi connectivity index (χ4v) is 3.07. The van der Waals surface area contributed by atoms with E-state index in [1.165, 1.54) is 0 Å². The first-order valence-electron chi connectivity index (χ1n) is 14.6. The van der Waals surface area contributed by atoms with Crippen molar-refractivity contribution in [3.8, 4) is 17.7 Å². The monoisotopic (exact) mass is 566 g/mol. The fraction of sp³-hybridized carbons (Fsp3) is 0.781. The molecule has 0 spiro atoms. The van der Waals surface area contributed by atoms with Crippen molar-refractivity contribution in [3.63, 3.8) is 0 Å². The van der Waals surface area contributed by atoms with Gasteiger partial charge >= 0.3 is 0 Å². The van der Waals surface area contributed by atoms with Gasteiger partial charge in [0.2, 0.25) is 5.88 Å². The quantitative estimate of drug-likeness (QED) is 0.278. The van der Waals surface area contributed by atoms with Crippen molar-refractivity contribution < 1.29 is 18.9 Å². The molecule has 8 heteroatoms. The Morgan fingerprint density at radius 1 is 0.925 bits per heavy atom. The SMILES string of the molecule is C=NC.CC.CC.CC.COC.COC1CC(Oc2ccc(C#CC(C)(C)C(C)(C)COC3CN(C)C3)nn2)C1. The predicted octanol–water partition coefficient (Wildman–Crippen LogP) is 6.43. The van der Waals surface area contributed by atoms with Gasteiger partial charge in [-0.15, -0.1) is 10.2 Å². The number of likely N-dealkylation sites (N-methyl/N-ethyl adjacent to an activating group) is 1. The lowest BCUT2D eigenvalue weighted by atomic mass is 9.69. The van der Waals surface area contributed by atoms with E-state index in [1.807, 2.05) is 53.7 Å². The second-order valence-corrected chi connectivity index (χ2v) is 9.96. The highest BCUT2D eigenvalue weighted by molar-refractivity contribution is 5.30. The molecule has 0 aromatic carbocycles. The Kier molecular flexibility index (Phi) is 26.2. The van der Waals surface area contributed by atoms with Gasteiger partial charge in [0, 0.05) is 71.2 Å². The van der Waals surface area contributed by atoms with E-state index in [9.17, 15) is 0 Å². The summed E-state index contributed by atoms with van der Waals surface area (Å²) in [5.41, 5.74) is 0.356. The summed E-state index contributed by atoms with van der Waals surface area (Å²) in [6.45, 7) is 26.6. The lowest BCUT2D eigenvalue weighted by molar-refractivity contribution is -0.0855. The molecule has 2 heterocycles. The maximum Gasteiger partial charge on any atom is 0.233 e. The zero-order valence-electron chi connectivity index (χ0n) is 28.6. The van der Waals surface area contributed by atoms with Gasteiger partial charge in [0.05, 0.1) is 18.8 Å². The Morgan fingerprint density at radius 3 is 1.82 bits per heavy atom. The van der Waals surface area contributed by atoms with Crippen LogP contribution in [0.1, 0.15) is 87.8 Å². The molecule has 1 aliphatic carbocycles. The second-order valence-electron chi connectivity index (χ2n) is 9.96. The minimum Gasteiger partial charge on any atom is -0.473 e. The van der Waals surface area contributed by atoms with Gasteiger partial charge in [0.1, 0.15) is 11.8 Å². The van der Waals surface area contributed by atoms with Crippen molar-refractivity contribution in [2.45, 2.75) is 100 Å². The molecule has 0 atom stereocenters. The van der Waals surface area contributed by atoms with Gasteiger partial charge < -0.3 is 28.8 Å². The Hall–Kier alpha value is -2.05. The molecule has 1 saturated heterocycles. The van der Waals surface area contributed by atoms with E-state index >= 15 is 0 Å². The third kappa shape index (κ3) is 16.9. The molecule has 0 radical (unpaired) electrons. The first kappa shape index (κ1) is 42.4. The zero-order chi connectivity index (χ0) is 31.8. The Labute approximate surface area is 247 Å². The van der Waals surface area contributed by atoms with Crippen LogP contribution in [0.2, 0.25) is 0 Å². The summed E-state index contributed by atoms with van der Waals surface area (Å²) in [4.78, 5) is 5.51. The minimum absolute atomic E-state index is 0.0766. The predicted molar refractivity (Wildman–Crippen MR) is 171 cm³/mol. The van der Waals surface area contributed by atoms with E-state index in [4.69, 9.17) is 14.2 Å². The lowest BCUT2D eigenvalue weighted by Gasteiger charge is -2.42. The van der Waals surface area contributed by atoms with Crippen LogP contribution in [-0.2, 0) is 14.2 Å². The van der Waals surface area contributed by atoms with E-state index in [0.29, 0.717) is 30.4 Å². The summed E-state index contributed by atoms with van der Waals surface area (Å²) < 4.78 is 21.4. The van der Waals surface area contributed by atoms with Crippen molar-refractivity contribution in [1.82, 2.24) is 15.1 Å². The molecule has 2 fully saturated rings. The van der Waals surface area contributed by atoms with Crippen LogP contribution in [0.15, 0.2) is 17.1 Å². The van der Waals surface area contributed by atoms with Crippen LogP contribution in [0.5, 0.6) is 5.88 Å². The van der Waals surface area contributed by atoms with Crippen LogP contribution >= 0.6 is 0 Å². The lowest BCUT2D eigenvalue weighted by Crippen LogP contribution is -2.51. The summed E-state index contributed by atoms with van der Waals surface area (Å²) in [6, 6.07) is 3.71. The Morgan fingerprint density at radius 2 is 1.43 bits per heavy atom. The van der Waals surface area contributed by atoms with Gasteiger partial charge in [-0.25, -0.2) is 0 Å². The highest BCUT2D eigenvalue weighted by atomic mass is 16.5. The van der Waals surface area contributed by atoms with Crippen LogP contribution < -0.4 is 4.74 Å². The molecule has 40 heavy (non-hydrogen) atoms. The van der Waals surface area contributed by atoms with Crippen LogP contribution in [0.3, 0.4) is 0 Å². The molecule has 1 saturated carbocycles. The van der Waals surface area contributed by atoms with Crippen molar-refractivity contribution in [1.29, 1.82) is 0 Å². The number of rotatable bonds is 7. The molecule has 2 aliphatic rings. The topological polar surface area (TPSA) is 78.3 Å². The standard InChI is InChI=1S/C22H33N3O3.C2H5N.C2H6O.3C2H6/c1-21(2,22(3,4)15-27-19-13-25(5)14-19)10-9-16-7-8-20(24-23-16)28-18-11-17(12-18)26-6;2*1-3-2;3*1-2/h7-8,17-19H,11-15H2,1-6H3;1H2,2H3;1-2H3;3*1-2H3. The van der Waals surface area contributed by atoms with Crippen molar-refractivity contribution in [2.75, 3.05) is 55.1 Å². The maximum absolute atomic E-state index is 6.07. The number of methoxy groups -OCH3 is 2. The van der Waals surface area contributed by atoms with E-state index in [1.54, 1.807) is 28.4 Å². The van der Waals surface area contributed by atoms with Gasteiger partial charge in [-0.05, 0) is 39.6 Å². The number of nitrogens with zero attached hydrogens (tertiary/aromatic N) is 4. The van der Waals surface area contributed by atoms with Gasteiger partial charge in [-0.3, -0.25) is 0 Å². The van der Waals surface area contributed by atoms with Crippen molar-refractivity contribution in [3.05, 3.63) is 17.8 Å². The smallest absolute Gasteiger partial charge is 0.233 e. The number of likely N-dealkylation sites (tertiary alicyclic amines) is 1. The summed E-state index contributed by atoms with van der Waals surface area (Å²) >= 11 is 0. The van der Waals surface area contributed by atoms with Crippen LogP contribution in [0.25, 0.3) is 0 Å². The fourth-order valence-electron chi connectivity index (χ4n) is 3.07. The van der Waals surface area contributed by atoms with Crippen molar-refractivity contribution >= 4 is 6.72 Å². The average molecular weight is 567 g/mol. The molecular formula is C32H62N4O4. The van der Waals surface area contributed by atoms with Crippen LogP contribution in [-0.4, -0.2) is 95.2 Å². The summed E-state index contributed by atoms with van der Waals surface area (Å²) in [7, 11) is 8.73. The van der Waals surface area contributed by atoms with E-state index in [0.717, 1.165) is 25.9 Å². The van der Waals surface area contributed by atoms with Crippen LogP contribution in [0, 0.1) is 22.7 Å². The summed E-state index contributed by atoms with van der Waals surface area (Å²) in [5.74, 6) is 7.10. The first-order valence-corrected chi connectivity index (χ1v) is 14.6. The first-order chi connectivity index (χ1) is 19.0. The molecular weight excluding hydrogens is 504 g/mol. The molecule has 0 amide bonds. The Balaban J connectivity index is -0.000000994. The number of hydrogen-bond donors (Lipinski definition) is 0. The third-order valence-electron chi connectivity index (χ3n) is 6.22. The minimum atomic E-state index is -0.222. The molecule has 234 valence electrons. The highest BCUT2D eigenvalue weighted by Crippen LogP contribution is 2.38. The number of aromatic nitrogens is 2. The van der Waals surface area contributed by atoms with E-state index in [2.05, 4.69) is 78.1 Å². The molecule has 0 bridgehead atoms. The zero-order valence-corrected chi connectivity index (χ0v) is 28.6. The van der Waals surface area contributed by atoms with Crippen molar-refractivity contribution in [2.24, 2.45) is 15.8 Å².